The molecule has 0 atom stereocenters. The molecule has 0 bridgehead atoms. The monoisotopic (exact) mass is 440 g/mol. The Morgan fingerprint density at radius 1 is 1.17 bits per heavy atom. The maximum absolute atomic E-state index is 5.99. The summed E-state index contributed by atoms with van der Waals surface area (Å²) in [5, 5.41) is 8.23. The van der Waals surface area contributed by atoms with Crippen LogP contribution in [0.2, 0.25) is 5.02 Å². The minimum atomic E-state index is 0.594. The van der Waals surface area contributed by atoms with Gasteiger partial charge in [0.15, 0.2) is 0 Å². The molecule has 9 heteroatoms. The lowest BCUT2D eigenvalue weighted by Crippen LogP contribution is -2.37. The number of nitrogens with zero attached hydrogens (tertiary/aromatic N) is 4. The van der Waals surface area contributed by atoms with Gasteiger partial charge in [-0.05, 0) is 25.1 Å². The average Bonchev–Trinajstić information content (AvgIpc) is 3.39. The molecule has 0 spiro atoms. The summed E-state index contributed by atoms with van der Waals surface area (Å²) >= 11 is 7.61. The molecule has 2 N–H and O–H groups in total. The third kappa shape index (κ3) is 3.98. The van der Waals surface area contributed by atoms with Gasteiger partial charge in [-0.3, -0.25) is 0 Å². The van der Waals surface area contributed by atoms with Gasteiger partial charge in [0.1, 0.15) is 16.5 Å². The molecular formula is C21H21ClN6OS. The van der Waals surface area contributed by atoms with Gasteiger partial charge in [-0.25, -0.2) is 4.98 Å². The Bertz CT molecular complexity index is 1170. The second-order valence-corrected chi connectivity index (χ2v) is 8.55. The van der Waals surface area contributed by atoms with E-state index in [1.54, 1.807) is 11.3 Å². The first kappa shape index (κ1) is 19.3. The van der Waals surface area contributed by atoms with E-state index in [1.807, 2.05) is 31.2 Å². The fourth-order valence-corrected chi connectivity index (χ4v) is 4.34. The molecule has 154 valence electrons. The standard InChI is InChI=1S/C21H21ClN6OS/c1-13-10-16-19(26-21(27-20(16)24-13)28-6-8-29-9-7-28)23-11-18-25-17(12-30-18)14-2-4-15(22)5-3-14/h2-5,10,12H,6-9,11H2,1H3,(H2,23,24,26,27). The number of aromatic amines is 1. The van der Waals surface area contributed by atoms with E-state index >= 15 is 0 Å². The molecule has 0 amide bonds. The van der Waals surface area contributed by atoms with E-state index in [2.05, 4.69) is 26.6 Å². The van der Waals surface area contributed by atoms with E-state index in [-0.39, 0.29) is 0 Å². The van der Waals surface area contributed by atoms with E-state index in [1.165, 1.54) is 0 Å². The number of benzene rings is 1. The second kappa shape index (κ2) is 8.22. The van der Waals surface area contributed by atoms with Gasteiger partial charge in [0, 0.05) is 34.7 Å². The highest BCUT2D eigenvalue weighted by atomic mass is 35.5. The van der Waals surface area contributed by atoms with E-state index in [4.69, 9.17) is 31.3 Å². The van der Waals surface area contributed by atoms with Gasteiger partial charge < -0.3 is 19.9 Å². The van der Waals surface area contributed by atoms with Crippen LogP contribution in [0.1, 0.15) is 10.7 Å². The Labute approximate surface area is 183 Å². The molecule has 1 aromatic carbocycles. The van der Waals surface area contributed by atoms with E-state index in [9.17, 15) is 0 Å². The first-order chi connectivity index (χ1) is 14.7. The number of thiazole rings is 1. The van der Waals surface area contributed by atoms with Crippen molar-refractivity contribution in [1.82, 2.24) is 19.9 Å². The molecule has 0 radical (unpaired) electrons. The van der Waals surface area contributed by atoms with Crippen molar-refractivity contribution in [3.8, 4) is 11.3 Å². The van der Waals surface area contributed by atoms with Crippen LogP contribution in [-0.2, 0) is 11.3 Å². The molecule has 7 nitrogen and oxygen atoms in total. The van der Waals surface area contributed by atoms with Crippen LogP contribution >= 0.6 is 22.9 Å². The highest BCUT2D eigenvalue weighted by molar-refractivity contribution is 7.10. The first-order valence-corrected chi connectivity index (χ1v) is 11.1. The van der Waals surface area contributed by atoms with Gasteiger partial charge in [-0.1, -0.05) is 23.7 Å². The summed E-state index contributed by atoms with van der Waals surface area (Å²) in [5.74, 6) is 1.53. The summed E-state index contributed by atoms with van der Waals surface area (Å²) in [7, 11) is 0. The molecule has 0 aliphatic carbocycles. The summed E-state index contributed by atoms with van der Waals surface area (Å²) in [6.07, 6.45) is 0. The molecule has 0 saturated carbocycles. The quantitative estimate of drug-likeness (QED) is 0.476. The summed E-state index contributed by atoms with van der Waals surface area (Å²) in [4.78, 5) is 19.8. The zero-order valence-corrected chi connectivity index (χ0v) is 18.1. The molecule has 4 aromatic rings. The van der Waals surface area contributed by atoms with Crippen molar-refractivity contribution in [3.63, 3.8) is 0 Å². The lowest BCUT2D eigenvalue weighted by molar-refractivity contribution is 0.122. The van der Waals surface area contributed by atoms with Crippen LogP contribution in [-0.4, -0.2) is 46.2 Å². The van der Waals surface area contributed by atoms with Crippen LogP contribution in [0.5, 0.6) is 0 Å². The Balaban J connectivity index is 1.39. The number of anilines is 2. The molecule has 30 heavy (non-hydrogen) atoms. The van der Waals surface area contributed by atoms with Crippen molar-refractivity contribution in [3.05, 3.63) is 51.4 Å². The molecule has 4 heterocycles. The van der Waals surface area contributed by atoms with Gasteiger partial charge in [0.25, 0.3) is 0 Å². The minimum Gasteiger partial charge on any atom is -0.378 e. The normalized spacial score (nSPS) is 14.4. The van der Waals surface area contributed by atoms with E-state index in [0.29, 0.717) is 19.8 Å². The van der Waals surface area contributed by atoms with Crippen LogP contribution in [0, 0.1) is 6.92 Å². The summed E-state index contributed by atoms with van der Waals surface area (Å²) in [5.41, 5.74) is 3.91. The van der Waals surface area contributed by atoms with Gasteiger partial charge in [-0.15, -0.1) is 11.3 Å². The molecule has 3 aromatic heterocycles. The smallest absolute Gasteiger partial charge is 0.229 e. The number of halogens is 1. The number of aryl methyl sites for hydroxylation is 1. The fraction of sp³-hybridized carbons (Fsp3) is 0.286. The van der Waals surface area contributed by atoms with Crippen LogP contribution in [0.4, 0.5) is 11.8 Å². The van der Waals surface area contributed by atoms with Crippen molar-refractivity contribution >= 4 is 45.7 Å². The maximum Gasteiger partial charge on any atom is 0.229 e. The highest BCUT2D eigenvalue weighted by Crippen LogP contribution is 2.27. The number of aromatic nitrogens is 4. The van der Waals surface area contributed by atoms with Crippen LogP contribution in [0.25, 0.3) is 22.3 Å². The summed E-state index contributed by atoms with van der Waals surface area (Å²) in [6.45, 7) is 5.60. The topological polar surface area (TPSA) is 79.0 Å². The predicted molar refractivity (Wildman–Crippen MR) is 122 cm³/mol. The second-order valence-electron chi connectivity index (χ2n) is 7.17. The number of fused-ring (bicyclic) bond motifs is 1. The lowest BCUT2D eigenvalue weighted by atomic mass is 10.2. The average molecular weight is 441 g/mol. The van der Waals surface area contributed by atoms with Gasteiger partial charge in [-0.2, -0.15) is 9.97 Å². The van der Waals surface area contributed by atoms with Crippen molar-refractivity contribution < 1.29 is 4.74 Å². The largest absolute Gasteiger partial charge is 0.378 e. The van der Waals surface area contributed by atoms with Crippen LogP contribution in [0.3, 0.4) is 0 Å². The molecule has 1 saturated heterocycles. The van der Waals surface area contributed by atoms with Gasteiger partial charge in [0.05, 0.1) is 30.8 Å². The zero-order chi connectivity index (χ0) is 20.5. The maximum atomic E-state index is 5.99. The first-order valence-electron chi connectivity index (χ1n) is 9.80. The van der Waals surface area contributed by atoms with Gasteiger partial charge >= 0.3 is 0 Å². The third-order valence-electron chi connectivity index (χ3n) is 5.00. The molecule has 0 unspecified atom stereocenters. The molecular weight excluding hydrogens is 420 g/mol. The molecule has 1 aliphatic heterocycles. The van der Waals surface area contributed by atoms with Crippen LogP contribution in [0.15, 0.2) is 35.7 Å². The number of ether oxygens (including phenoxy) is 1. The third-order valence-corrected chi connectivity index (χ3v) is 6.10. The van der Waals surface area contributed by atoms with Crippen LogP contribution < -0.4 is 10.2 Å². The number of hydrogen-bond donors (Lipinski definition) is 2. The number of rotatable bonds is 5. The Morgan fingerprint density at radius 3 is 2.77 bits per heavy atom. The number of nitrogens with one attached hydrogen (secondary N) is 2. The van der Waals surface area contributed by atoms with Crippen molar-refractivity contribution in [1.29, 1.82) is 0 Å². The predicted octanol–water partition coefficient (Wildman–Crippen LogP) is 4.49. The Hall–Kier alpha value is -2.68. The lowest BCUT2D eigenvalue weighted by Gasteiger charge is -2.27. The summed E-state index contributed by atoms with van der Waals surface area (Å²) < 4.78 is 5.46. The van der Waals surface area contributed by atoms with Crippen molar-refractivity contribution in [2.45, 2.75) is 13.5 Å². The van der Waals surface area contributed by atoms with E-state index in [0.717, 1.165) is 62.9 Å². The SMILES string of the molecule is Cc1cc2c(NCc3nc(-c4ccc(Cl)cc4)cs3)nc(N3CCOCC3)nc2[nH]1. The number of hydrogen-bond acceptors (Lipinski definition) is 7. The van der Waals surface area contributed by atoms with E-state index < -0.39 is 0 Å². The zero-order valence-electron chi connectivity index (χ0n) is 16.5. The number of H-pyrrole nitrogens is 1. The molecule has 1 fully saturated rings. The Morgan fingerprint density at radius 2 is 1.97 bits per heavy atom. The summed E-state index contributed by atoms with van der Waals surface area (Å²) in [6, 6.07) is 9.81. The molecule has 5 rings (SSSR count). The van der Waals surface area contributed by atoms with Crippen molar-refractivity contribution in [2.24, 2.45) is 0 Å². The van der Waals surface area contributed by atoms with Crippen molar-refractivity contribution in [2.75, 3.05) is 36.5 Å². The Kier molecular flexibility index (Phi) is 5.28. The number of morpholine rings is 1. The molecule has 1 aliphatic rings. The fourth-order valence-electron chi connectivity index (χ4n) is 3.47. The highest BCUT2D eigenvalue weighted by Gasteiger charge is 2.18. The minimum absolute atomic E-state index is 0.594. The van der Waals surface area contributed by atoms with Gasteiger partial charge in [0.2, 0.25) is 5.95 Å².